The molecule has 1 aliphatic heterocycles. The molecule has 0 aromatic heterocycles. The van der Waals surface area contributed by atoms with Gasteiger partial charge in [0.25, 0.3) is 0 Å². The van der Waals surface area contributed by atoms with Crippen LogP contribution < -0.4 is 15.0 Å². The third kappa shape index (κ3) is 4.76. The van der Waals surface area contributed by atoms with E-state index in [9.17, 15) is 21.6 Å². The summed E-state index contributed by atoms with van der Waals surface area (Å²) >= 11 is 0. The molecule has 0 spiro atoms. The van der Waals surface area contributed by atoms with E-state index in [4.69, 9.17) is 9.57 Å². The van der Waals surface area contributed by atoms with E-state index < -0.39 is 21.8 Å². The van der Waals surface area contributed by atoms with Gasteiger partial charge in [0.05, 0.1) is 4.90 Å². The molecule has 0 bridgehead atoms. The number of ether oxygens (including phenoxy) is 2. The van der Waals surface area contributed by atoms with Gasteiger partial charge in [0.1, 0.15) is 17.1 Å². The predicted octanol–water partition coefficient (Wildman–Crippen LogP) is 3.66. The molecule has 0 saturated carbocycles. The highest BCUT2D eigenvalue weighted by Gasteiger charge is 2.34. The van der Waals surface area contributed by atoms with Crippen LogP contribution in [0.1, 0.15) is 12.5 Å². The monoisotopic (exact) mass is 415 g/mol. The molecule has 6 nitrogen and oxygen atoms in total. The summed E-state index contributed by atoms with van der Waals surface area (Å²) in [5, 5.41) is 0. The summed E-state index contributed by atoms with van der Waals surface area (Å²) in [7, 11) is -3.31. The van der Waals surface area contributed by atoms with Crippen LogP contribution in [-0.2, 0) is 20.3 Å². The fraction of sp³-hybridized carbons (Fsp3) is 0.222. The summed E-state index contributed by atoms with van der Waals surface area (Å²) in [6.07, 6.45) is -2.05. The fourth-order valence-corrected chi connectivity index (χ4v) is 3.16. The highest BCUT2D eigenvalue weighted by atomic mass is 32.2. The molecule has 2 aromatic carbocycles. The number of sulfone groups is 1. The Hall–Kier alpha value is -2.72. The molecule has 0 aliphatic carbocycles. The van der Waals surface area contributed by atoms with Crippen LogP contribution in [0.5, 0.6) is 11.5 Å². The number of nitrogens with one attached hydrogen (secondary N) is 1. The topological polar surface area (TPSA) is 73.9 Å². The lowest BCUT2D eigenvalue weighted by Gasteiger charge is -2.20. The fourth-order valence-electron chi connectivity index (χ4n) is 2.53. The average molecular weight is 415 g/mol. The molecule has 0 amide bonds. The summed E-state index contributed by atoms with van der Waals surface area (Å²) in [4.78, 5) is 5.67. The molecule has 0 unspecified atom stereocenters. The molecular formula is C18H16F3NO5S. The Morgan fingerprint density at radius 1 is 1.00 bits per heavy atom. The van der Waals surface area contributed by atoms with Crippen LogP contribution in [0, 0.1) is 0 Å². The van der Waals surface area contributed by atoms with Crippen LogP contribution in [-0.4, -0.2) is 21.0 Å². The van der Waals surface area contributed by atoms with Crippen molar-refractivity contribution in [3.05, 3.63) is 66.1 Å². The van der Waals surface area contributed by atoms with Gasteiger partial charge in [0.2, 0.25) is 5.88 Å². The second kappa shape index (κ2) is 7.02. The van der Waals surface area contributed by atoms with Gasteiger partial charge in [-0.1, -0.05) is 12.1 Å². The van der Waals surface area contributed by atoms with Gasteiger partial charge < -0.3 is 9.47 Å². The number of rotatable bonds is 5. The van der Waals surface area contributed by atoms with E-state index >= 15 is 0 Å². The number of halogens is 3. The molecular weight excluding hydrogens is 399 g/mol. The minimum absolute atomic E-state index is 0.162. The Labute approximate surface area is 159 Å². The maximum Gasteiger partial charge on any atom is 0.573 e. The third-order valence-electron chi connectivity index (χ3n) is 3.91. The van der Waals surface area contributed by atoms with Crippen LogP contribution in [0.15, 0.2) is 65.4 Å². The third-order valence-corrected chi connectivity index (χ3v) is 5.04. The first-order chi connectivity index (χ1) is 12.9. The van der Waals surface area contributed by atoms with E-state index in [0.29, 0.717) is 11.3 Å². The normalized spacial score (nSPS) is 19.7. The van der Waals surface area contributed by atoms with Crippen molar-refractivity contribution in [3.8, 4) is 11.5 Å². The lowest BCUT2D eigenvalue weighted by Crippen LogP contribution is -2.23. The summed E-state index contributed by atoms with van der Waals surface area (Å²) in [6, 6.07) is 11.1. The van der Waals surface area contributed by atoms with Gasteiger partial charge in [-0.3, -0.25) is 4.84 Å². The molecule has 10 heteroatoms. The van der Waals surface area contributed by atoms with Gasteiger partial charge in [-0.25, -0.2) is 13.9 Å². The van der Waals surface area contributed by atoms with Gasteiger partial charge in [0, 0.05) is 12.3 Å². The predicted molar refractivity (Wildman–Crippen MR) is 93.0 cm³/mol. The number of hydrogen-bond donors (Lipinski definition) is 1. The Bertz CT molecular complexity index is 985. The quantitative estimate of drug-likeness (QED) is 0.804. The van der Waals surface area contributed by atoms with E-state index in [1.165, 1.54) is 48.5 Å². The summed E-state index contributed by atoms with van der Waals surface area (Å²) in [5.41, 5.74) is 2.18. The minimum atomic E-state index is -4.76. The molecule has 0 fully saturated rings. The van der Waals surface area contributed by atoms with Crippen molar-refractivity contribution < 1.29 is 35.9 Å². The zero-order valence-corrected chi connectivity index (χ0v) is 15.6. The zero-order chi connectivity index (χ0) is 20.6. The molecule has 28 heavy (non-hydrogen) atoms. The van der Waals surface area contributed by atoms with Crippen molar-refractivity contribution >= 4 is 9.84 Å². The standard InChI is InChI=1S/C18H16F3NO5S/c1-17(12-3-5-14(6-4-12)26-18(19,20)21)11-16(22-27-17)25-13-7-9-15(10-8-13)28(2,23)24/h3-11,22H,1-2H3/t17-/m1/s1. The molecule has 0 saturated heterocycles. The Balaban J connectivity index is 1.73. The minimum Gasteiger partial charge on any atom is -0.439 e. The largest absolute Gasteiger partial charge is 0.573 e. The highest BCUT2D eigenvalue weighted by molar-refractivity contribution is 7.90. The average Bonchev–Trinajstić information content (AvgIpc) is 2.96. The van der Waals surface area contributed by atoms with Gasteiger partial charge in [-0.15, -0.1) is 13.2 Å². The van der Waals surface area contributed by atoms with Crippen molar-refractivity contribution in [1.29, 1.82) is 0 Å². The lowest BCUT2D eigenvalue weighted by molar-refractivity contribution is -0.274. The Morgan fingerprint density at radius 2 is 1.57 bits per heavy atom. The summed E-state index contributed by atoms with van der Waals surface area (Å²) < 4.78 is 69.2. The smallest absolute Gasteiger partial charge is 0.439 e. The molecule has 0 radical (unpaired) electrons. The molecule has 2 aromatic rings. The van der Waals surface area contributed by atoms with E-state index in [1.807, 2.05) is 0 Å². The highest BCUT2D eigenvalue weighted by Crippen LogP contribution is 2.34. The van der Waals surface area contributed by atoms with E-state index in [-0.39, 0.29) is 16.5 Å². The van der Waals surface area contributed by atoms with E-state index in [1.54, 1.807) is 13.0 Å². The molecule has 1 atom stereocenters. The van der Waals surface area contributed by atoms with Gasteiger partial charge in [-0.05, 0) is 48.9 Å². The zero-order valence-electron chi connectivity index (χ0n) is 14.8. The van der Waals surface area contributed by atoms with Crippen molar-refractivity contribution in [2.45, 2.75) is 23.8 Å². The number of alkyl halides is 3. The molecule has 1 heterocycles. The SMILES string of the molecule is C[C@]1(c2ccc(OC(F)(F)F)cc2)C=C(Oc2ccc(S(C)(=O)=O)cc2)NO1. The van der Waals surface area contributed by atoms with Crippen LogP contribution in [0.4, 0.5) is 13.2 Å². The number of hydrogen-bond acceptors (Lipinski definition) is 6. The van der Waals surface area contributed by atoms with Gasteiger partial charge in [-0.2, -0.15) is 0 Å². The first-order valence-corrected chi connectivity index (χ1v) is 9.85. The summed E-state index contributed by atoms with van der Waals surface area (Å²) in [6.45, 7) is 1.70. The maximum absolute atomic E-state index is 12.3. The van der Waals surface area contributed by atoms with Crippen molar-refractivity contribution in [2.75, 3.05) is 6.26 Å². The lowest BCUT2D eigenvalue weighted by atomic mass is 9.96. The maximum atomic E-state index is 12.3. The first kappa shape index (κ1) is 20.0. The molecule has 1 aliphatic rings. The summed E-state index contributed by atoms with van der Waals surface area (Å²) in [5.74, 6) is 0.301. The van der Waals surface area contributed by atoms with Crippen molar-refractivity contribution in [2.24, 2.45) is 0 Å². The van der Waals surface area contributed by atoms with Crippen LogP contribution in [0.2, 0.25) is 0 Å². The Kier molecular flexibility index (Phi) is 5.02. The number of benzene rings is 2. The van der Waals surface area contributed by atoms with Crippen molar-refractivity contribution in [3.63, 3.8) is 0 Å². The second-order valence-electron chi connectivity index (χ2n) is 6.24. The molecule has 1 N–H and O–H groups in total. The Morgan fingerprint density at radius 3 is 2.11 bits per heavy atom. The van der Waals surface area contributed by atoms with Crippen LogP contribution >= 0.6 is 0 Å². The van der Waals surface area contributed by atoms with Gasteiger partial charge >= 0.3 is 6.36 Å². The van der Waals surface area contributed by atoms with Crippen LogP contribution in [0.3, 0.4) is 0 Å². The first-order valence-electron chi connectivity index (χ1n) is 7.96. The second-order valence-corrected chi connectivity index (χ2v) is 8.25. The number of hydroxylamine groups is 1. The van der Waals surface area contributed by atoms with Gasteiger partial charge in [0.15, 0.2) is 9.84 Å². The molecule has 3 rings (SSSR count). The van der Waals surface area contributed by atoms with Crippen molar-refractivity contribution in [1.82, 2.24) is 5.48 Å². The van der Waals surface area contributed by atoms with Crippen LogP contribution in [0.25, 0.3) is 0 Å². The van der Waals surface area contributed by atoms with E-state index in [0.717, 1.165) is 6.26 Å². The molecule has 150 valence electrons. The van der Waals surface area contributed by atoms with E-state index in [2.05, 4.69) is 10.2 Å².